The molecule has 0 fully saturated rings. The van der Waals surface area contributed by atoms with E-state index in [0.29, 0.717) is 11.7 Å². The van der Waals surface area contributed by atoms with E-state index >= 15 is 0 Å². The van der Waals surface area contributed by atoms with Gasteiger partial charge in [0.05, 0.1) is 5.56 Å². The van der Waals surface area contributed by atoms with Crippen LogP contribution in [0.15, 0.2) is 42.5 Å². The molecule has 1 aliphatic rings. The lowest BCUT2D eigenvalue weighted by atomic mass is 10.1. The molecule has 0 aromatic heterocycles. The molecule has 20 heavy (non-hydrogen) atoms. The van der Waals surface area contributed by atoms with E-state index in [4.69, 9.17) is 10.8 Å². The van der Waals surface area contributed by atoms with Crippen molar-refractivity contribution in [2.75, 3.05) is 10.6 Å². The molecule has 4 nitrogen and oxygen atoms in total. The Morgan fingerprint density at radius 3 is 2.75 bits per heavy atom. The Hall–Kier alpha value is -2.49. The van der Waals surface area contributed by atoms with Crippen molar-refractivity contribution in [3.05, 3.63) is 53.6 Å². The van der Waals surface area contributed by atoms with E-state index in [0.717, 1.165) is 12.1 Å². The molecule has 3 N–H and O–H groups in total. The molecular weight excluding hydrogens is 252 g/mol. The van der Waals surface area contributed by atoms with E-state index in [1.165, 1.54) is 11.3 Å². The summed E-state index contributed by atoms with van der Waals surface area (Å²) < 4.78 is 0. The molecule has 4 heteroatoms. The van der Waals surface area contributed by atoms with E-state index in [1.54, 1.807) is 12.1 Å². The number of para-hydroxylation sites is 1. The van der Waals surface area contributed by atoms with Gasteiger partial charge in [-0.2, -0.15) is 0 Å². The lowest BCUT2D eigenvalue weighted by molar-refractivity contribution is 0.0698. The summed E-state index contributed by atoms with van der Waals surface area (Å²) in [6.45, 7) is 2.15. The highest BCUT2D eigenvalue weighted by molar-refractivity contribution is 5.94. The number of aromatic carboxylic acids is 1. The summed E-state index contributed by atoms with van der Waals surface area (Å²) in [5.41, 5.74) is 9.70. The molecule has 0 radical (unpaired) electrons. The first-order chi connectivity index (χ1) is 9.58. The number of anilines is 3. The number of nitrogens with two attached hydrogens (primary N) is 1. The topological polar surface area (TPSA) is 66.6 Å². The second-order valence-corrected chi connectivity index (χ2v) is 5.13. The number of hydrogen-bond acceptors (Lipinski definition) is 3. The van der Waals surface area contributed by atoms with Crippen molar-refractivity contribution in [1.82, 2.24) is 0 Å². The summed E-state index contributed by atoms with van der Waals surface area (Å²) in [5.74, 6) is -0.996. The van der Waals surface area contributed by atoms with Crippen molar-refractivity contribution in [3.8, 4) is 0 Å². The molecule has 1 aliphatic heterocycles. The van der Waals surface area contributed by atoms with Crippen molar-refractivity contribution in [2.45, 2.75) is 19.4 Å². The monoisotopic (exact) mass is 268 g/mol. The summed E-state index contributed by atoms with van der Waals surface area (Å²) in [6.07, 6.45) is 0.983. The number of carboxylic acids is 1. The van der Waals surface area contributed by atoms with Gasteiger partial charge in [-0.15, -0.1) is 0 Å². The van der Waals surface area contributed by atoms with Gasteiger partial charge >= 0.3 is 5.97 Å². The van der Waals surface area contributed by atoms with Crippen molar-refractivity contribution < 1.29 is 9.90 Å². The minimum absolute atomic E-state index is 0.147. The van der Waals surface area contributed by atoms with Crippen LogP contribution in [0.5, 0.6) is 0 Å². The van der Waals surface area contributed by atoms with Gasteiger partial charge in [0.15, 0.2) is 0 Å². The molecule has 1 atom stereocenters. The molecule has 2 aromatic carbocycles. The summed E-state index contributed by atoms with van der Waals surface area (Å²) in [4.78, 5) is 13.2. The molecule has 2 aromatic rings. The fourth-order valence-corrected chi connectivity index (χ4v) is 2.85. The fraction of sp³-hybridized carbons (Fsp3) is 0.188. The Labute approximate surface area is 117 Å². The zero-order chi connectivity index (χ0) is 14.3. The fourth-order valence-electron chi connectivity index (χ4n) is 2.85. The summed E-state index contributed by atoms with van der Waals surface area (Å²) in [7, 11) is 0. The molecule has 0 saturated heterocycles. The van der Waals surface area contributed by atoms with Crippen LogP contribution >= 0.6 is 0 Å². The van der Waals surface area contributed by atoms with Crippen molar-refractivity contribution in [1.29, 1.82) is 0 Å². The minimum Gasteiger partial charge on any atom is -0.478 e. The smallest absolute Gasteiger partial charge is 0.337 e. The van der Waals surface area contributed by atoms with Crippen LogP contribution in [-0.4, -0.2) is 17.1 Å². The predicted molar refractivity (Wildman–Crippen MR) is 79.6 cm³/mol. The molecule has 1 heterocycles. The Kier molecular flexibility index (Phi) is 2.86. The highest BCUT2D eigenvalue weighted by Gasteiger charge is 2.27. The first-order valence-electron chi connectivity index (χ1n) is 6.58. The first kappa shape index (κ1) is 12.5. The average molecular weight is 268 g/mol. The van der Waals surface area contributed by atoms with Crippen LogP contribution in [0.4, 0.5) is 17.1 Å². The number of rotatable bonds is 2. The Balaban J connectivity index is 2.06. The molecular formula is C16H16N2O2. The number of nitrogens with zero attached hydrogens (tertiary/aromatic N) is 1. The largest absolute Gasteiger partial charge is 0.478 e. The lowest BCUT2D eigenvalue weighted by Crippen LogP contribution is -2.24. The normalized spacial score (nSPS) is 17.1. The average Bonchev–Trinajstić information content (AvgIpc) is 2.73. The number of nitrogen functional groups attached to an aromatic ring is 1. The summed E-state index contributed by atoms with van der Waals surface area (Å²) >= 11 is 0. The Morgan fingerprint density at radius 1 is 1.30 bits per heavy atom. The maximum atomic E-state index is 11.0. The first-order valence-corrected chi connectivity index (χ1v) is 6.58. The zero-order valence-electron chi connectivity index (χ0n) is 11.2. The highest BCUT2D eigenvalue weighted by atomic mass is 16.4. The minimum atomic E-state index is -0.996. The molecule has 0 amide bonds. The van der Waals surface area contributed by atoms with Gasteiger partial charge in [0, 0.05) is 23.1 Å². The standard InChI is InChI=1S/C16H16N2O2/c1-10-8-11-4-2-3-5-15(11)18(10)12-6-7-13(16(19)20)14(17)9-12/h2-7,9-10H,8,17H2,1H3,(H,19,20). The Morgan fingerprint density at radius 2 is 2.05 bits per heavy atom. The van der Waals surface area contributed by atoms with Gasteiger partial charge in [-0.3, -0.25) is 0 Å². The number of fused-ring (bicyclic) bond motifs is 1. The Bertz CT molecular complexity index is 682. The van der Waals surface area contributed by atoms with E-state index < -0.39 is 5.97 Å². The summed E-state index contributed by atoms with van der Waals surface area (Å²) in [5, 5.41) is 9.04. The predicted octanol–water partition coefficient (Wildman–Crippen LogP) is 3.05. The second kappa shape index (κ2) is 4.56. The molecule has 102 valence electrons. The second-order valence-electron chi connectivity index (χ2n) is 5.13. The molecule has 1 unspecified atom stereocenters. The van der Waals surface area contributed by atoms with Crippen LogP contribution in [0.1, 0.15) is 22.8 Å². The van der Waals surface area contributed by atoms with E-state index in [9.17, 15) is 4.79 Å². The van der Waals surface area contributed by atoms with Crippen LogP contribution < -0.4 is 10.6 Å². The SMILES string of the molecule is CC1Cc2ccccc2N1c1ccc(C(=O)O)c(N)c1. The third kappa shape index (κ3) is 1.90. The third-order valence-corrected chi connectivity index (χ3v) is 3.75. The number of hydrogen-bond donors (Lipinski definition) is 2. The van der Waals surface area contributed by atoms with Crippen molar-refractivity contribution in [3.63, 3.8) is 0 Å². The van der Waals surface area contributed by atoms with Gasteiger partial charge < -0.3 is 15.7 Å². The summed E-state index contributed by atoms with van der Waals surface area (Å²) in [6, 6.07) is 13.7. The van der Waals surface area contributed by atoms with E-state index in [2.05, 4.69) is 24.0 Å². The van der Waals surface area contributed by atoms with Crippen LogP contribution in [0.2, 0.25) is 0 Å². The molecule has 0 bridgehead atoms. The molecule has 3 rings (SSSR count). The van der Waals surface area contributed by atoms with Crippen molar-refractivity contribution >= 4 is 23.0 Å². The number of benzene rings is 2. The van der Waals surface area contributed by atoms with Crippen molar-refractivity contribution in [2.24, 2.45) is 0 Å². The molecule has 0 spiro atoms. The van der Waals surface area contributed by atoms with Gasteiger partial charge in [-0.05, 0) is 43.2 Å². The number of carbonyl (C=O) groups is 1. The molecule has 0 aliphatic carbocycles. The van der Waals surface area contributed by atoms with E-state index in [1.807, 2.05) is 18.2 Å². The maximum Gasteiger partial charge on any atom is 0.337 e. The lowest BCUT2D eigenvalue weighted by Gasteiger charge is -2.25. The van der Waals surface area contributed by atoms with Gasteiger partial charge in [0.25, 0.3) is 0 Å². The highest BCUT2D eigenvalue weighted by Crippen LogP contribution is 2.38. The zero-order valence-corrected chi connectivity index (χ0v) is 11.2. The van der Waals surface area contributed by atoms with Crippen LogP contribution in [0.3, 0.4) is 0 Å². The van der Waals surface area contributed by atoms with Gasteiger partial charge in [-0.1, -0.05) is 18.2 Å². The van der Waals surface area contributed by atoms with Gasteiger partial charge in [0.2, 0.25) is 0 Å². The van der Waals surface area contributed by atoms with E-state index in [-0.39, 0.29) is 5.56 Å². The van der Waals surface area contributed by atoms with Crippen LogP contribution in [0, 0.1) is 0 Å². The third-order valence-electron chi connectivity index (χ3n) is 3.75. The molecule has 0 saturated carbocycles. The van der Waals surface area contributed by atoms with Gasteiger partial charge in [-0.25, -0.2) is 4.79 Å². The van der Waals surface area contributed by atoms with Crippen LogP contribution in [0.25, 0.3) is 0 Å². The van der Waals surface area contributed by atoms with Gasteiger partial charge in [0.1, 0.15) is 0 Å². The maximum absolute atomic E-state index is 11.0. The quantitative estimate of drug-likeness (QED) is 0.821. The van der Waals surface area contributed by atoms with Crippen LogP contribution in [-0.2, 0) is 6.42 Å². The number of carboxylic acid groups (broad SMARTS) is 1.